The summed E-state index contributed by atoms with van der Waals surface area (Å²) in [5, 5.41) is 7.71. The molecule has 1 aromatic rings. The van der Waals surface area contributed by atoms with Crippen LogP contribution >= 0.6 is 0 Å². The highest BCUT2D eigenvalue weighted by molar-refractivity contribution is 5.69. The molecule has 1 aromatic heterocycles. The van der Waals surface area contributed by atoms with Crippen LogP contribution in [0.3, 0.4) is 0 Å². The quantitative estimate of drug-likeness (QED) is 0.731. The zero-order valence-corrected chi connectivity index (χ0v) is 10.2. The van der Waals surface area contributed by atoms with Crippen molar-refractivity contribution in [1.29, 1.82) is 0 Å². The number of hydrogen-bond donors (Lipinski definition) is 0. The lowest BCUT2D eigenvalue weighted by Gasteiger charge is -2.18. The maximum absolute atomic E-state index is 5.56. The van der Waals surface area contributed by atoms with Crippen LogP contribution in [0.15, 0.2) is 23.0 Å². The fourth-order valence-corrected chi connectivity index (χ4v) is 1.62. The van der Waals surface area contributed by atoms with Crippen molar-refractivity contribution in [1.82, 2.24) is 15.2 Å². The second-order valence-electron chi connectivity index (χ2n) is 4.07. The smallest absolute Gasteiger partial charge is 0.283 e. The van der Waals surface area contributed by atoms with Gasteiger partial charge in [0.1, 0.15) is 0 Å². The molecule has 17 heavy (non-hydrogen) atoms. The minimum Gasteiger partial charge on any atom is -0.474 e. The van der Waals surface area contributed by atoms with Crippen LogP contribution in [0.1, 0.15) is 25.5 Å². The van der Waals surface area contributed by atoms with Gasteiger partial charge < -0.3 is 9.64 Å². The van der Waals surface area contributed by atoms with Crippen molar-refractivity contribution in [3.05, 3.63) is 24.0 Å². The molecule has 1 aliphatic heterocycles. The Labute approximate surface area is 101 Å². The third-order valence-corrected chi connectivity index (χ3v) is 2.56. The van der Waals surface area contributed by atoms with E-state index in [4.69, 9.17) is 9.37 Å². The molecule has 0 radical (unpaired) electrons. The molecule has 92 valence electrons. The Kier molecular flexibility index (Phi) is 3.80. The first kappa shape index (κ1) is 11.7. The van der Waals surface area contributed by atoms with Crippen LogP contribution in [-0.4, -0.2) is 35.4 Å². The zero-order valence-electron chi connectivity index (χ0n) is 10.2. The van der Waals surface area contributed by atoms with Gasteiger partial charge in [-0.05, 0) is 29.0 Å². The minimum atomic E-state index is 0.494. The normalized spacial score (nSPS) is 14.9. The Bertz CT molecular complexity index is 423. The molecule has 0 amide bonds. The molecule has 0 unspecified atom stereocenters. The van der Waals surface area contributed by atoms with Gasteiger partial charge in [0.2, 0.25) is 0 Å². The highest BCUT2D eigenvalue weighted by Crippen LogP contribution is 2.24. The number of aromatic nitrogens is 2. The van der Waals surface area contributed by atoms with Crippen molar-refractivity contribution in [2.75, 3.05) is 20.2 Å². The van der Waals surface area contributed by atoms with E-state index in [2.05, 4.69) is 22.1 Å². The number of unbranched alkanes of at least 4 members (excludes halogenated alkanes) is 1. The average molecular weight is 235 g/mol. The lowest BCUT2D eigenvalue weighted by atomic mass is 10.1. The number of allylic oxidation sites excluding steroid dienone is 2. The molecule has 0 aromatic carbocycles. The number of ether oxygens (including phenoxy) is 1. The van der Waals surface area contributed by atoms with Crippen molar-refractivity contribution < 1.29 is 9.37 Å². The first-order chi connectivity index (χ1) is 8.31. The van der Waals surface area contributed by atoms with Gasteiger partial charge in [-0.2, -0.15) is 0 Å². The lowest BCUT2D eigenvalue weighted by molar-refractivity contribution is 0.252. The van der Waals surface area contributed by atoms with Crippen molar-refractivity contribution in [3.8, 4) is 5.88 Å². The Balaban J connectivity index is 2.08. The van der Waals surface area contributed by atoms with Crippen LogP contribution in [0.4, 0.5) is 0 Å². The van der Waals surface area contributed by atoms with E-state index in [-0.39, 0.29) is 0 Å². The van der Waals surface area contributed by atoms with Gasteiger partial charge >= 0.3 is 0 Å². The molecule has 2 heterocycles. The number of rotatable bonds is 5. The maximum Gasteiger partial charge on any atom is 0.283 e. The Morgan fingerprint density at radius 3 is 3.12 bits per heavy atom. The summed E-state index contributed by atoms with van der Waals surface area (Å²) in [6.45, 7) is 3.56. The number of hydrogen-bond acceptors (Lipinski definition) is 5. The monoisotopic (exact) mass is 235 g/mol. The highest BCUT2D eigenvalue weighted by atomic mass is 16.6. The van der Waals surface area contributed by atoms with Gasteiger partial charge in [0, 0.05) is 19.2 Å². The summed E-state index contributed by atoms with van der Waals surface area (Å²) in [6, 6.07) is 0. The van der Waals surface area contributed by atoms with E-state index in [1.807, 2.05) is 25.4 Å². The molecule has 0 N–H and O–H groups in total. The van der Waals surface area contributed by atoms with E-state index in [1.165, 1.54) is 0 Å². The fourth-order valence-electron chi connectivity index (χ4n) is 1.62. The molecule has 0 saturated heterocycles. The molecular formula is C12H17N3O2. The van der Waals surface area contributed by atoms with Gasteiger partial charge in [0.05, 0.1) is 6.61 Å². The molecule has 1 aliphatic rings. The maximum atomic E-state index is 5.56. The summed E-state index contributed by atoms with van der Waals surface area (Å²) in [4.78, 5) is 2.07. The molecule has 0 saturated carbocycles. The number of likely N-dealkylation sites (N-methyl/N-ethyl adjacent to an activating group) is 1. The summed E-state index contributed by atoms with van der Waals surface area (Å²) in [6.07, 6.45) is 8.09. The van der Waals surface area contributed by atoms with Crippen molar-refractivity contribution >= 4 is 5.57 Å². The van der Waals surface area contributed by atoms with Gasteiger partial charge in [-0.15, -0.1) is 0 Å². The van der Waals surface area contributed by atoms with Crippen LogP contribution in [0.2, 0.25) is 0 Å². The first-order valence-electron chi connectivity index (χ1n) is 5.84. The molecule has 0 atom stereocenters. The number of nitrogens with zero attached hydrogens (tertiary/aromatic N) is 3. The van der Waals surface area contributed by atoms with E-state index in [0.29, 0.717) is 18.2 Å². The molecule has 5 heteroatoms. The topological polar surface area (TPSA) is 51.4 Å². The van der Waals surface area contributed by atoms with E-state index >= 15 is 0 Å². The minimum absolute atomic E-state index is 0.494. The van der Waals surface area contributed by atoms with Crippen LogP contribution in [0.5, 0.6) is 5.88 Å². The van der Waals surface area contributed by atoms with E-state index in [1.54, 1.807) is 0 Å². The van der Waals surface area contributed by atoms with Crippen molar-refractivity contribution in [2.24, 2.45) is 0 Å². The second kappa shape index (κ2) is 5.52. The van der Waals surface area contributed by atoms with Crippen LogP contribution in [0, 0.1) is 0 Å². The Hall–Kier alpha value is -1.78. The van der Waals surface area contributed by atoms with E-state index < -0.39 is 0 Å². The third-order valence-electron chi connectivity index (χ3n) is 2.56. The third kappa shape index (κ3) is 2.87. The van der Waals surface area contributed by atoms with Gasteiger partial charge in [0.15, 0.2) is 5.69 Å². The van der Waals surface area contributed by atoms with Crippen LogP contribution < -0.4 is 4.74 Å². The van der Waals surface area contributed by atoms with Gasteiger partial charge in [-0.1, -0.05) is 19.4 Å². The highest BCUT2D eigenvalue weighted by Gasteiger charge is 2.17. The Morgan fingerprint density at radius 2 is 2.35 bits per heavy atom. The molecule has 2 rings (SSSR count). The van der Waals surface area contributed by atoms with E-state index in [9.17, 15) is 0 Å². The second-order valence-corrected chi connectivity index (χ2v) is 4.07. The summed E-state index contributed by atoms with van der Waals surface area (Å²) in [5.74, 6) is 0.494. The summed E-state index contributed by atoms with van der Waals surface area (Å²) in [5.41, 5.74) is 1.76. The van der Waals surface area contributed by atoms with Gasteiger partial charge in [0.25, 0.3) is 5.88 Å². The van der Waals surface area contributed by atoms with Crippen molar-refractivity contribution in [3.63, 3.8) is 0 Å². The van der Waals surface area contributed by atoms with Gasteiger partial charge in [-0.25, -0.2) is 4.63 Å². The van der Waals surface area contributed by atoms with E-state index in [0.717, 1.165) is 25.0 Å². The molecular weight excluding hydrogens is 218 g/mol. The van der Waals surface area contributed by atoms with Gasteiger partial charge in [-0.3, -0.25) is 0 Å². The first-order valence-corrected chi connectivity index (χ1v) is 5.84. The average Bonchev–Trinajstić information content (AvgIpc) is 2.78. The zero-order chi connectivity index (χ0) is 12.1. The summed E-state index contributed by atoms with van der Waals surface area (Å²) in [7, 11) is 2.01. The lowest BCUT2D eigenvalue weighted by Crippen LogP contribution is -2.16. The molecule has 0 aliphatic carbocycles. The van der Waals surface area contributed by atoms with Crippen molar-refractivity contribution in [2.45, 2.75) is 19.8 Å². The largest absolute Gasteiger partial charge is 0.474 e. The predicted molar refractivity (Wildman–Crippen MR) is 64.4 cm³/mol. The molecule has 5 nitrogen and oxygen atoms in total. The fraction of sp³-hybridized carbons (Fsp3) is 0.500. The molecule has 0 fully saturated rings. The summed E-state index contributed by atoms with van der Waals surface area (Å²) < 4.78 is 10.3. The summed E-state index contributed by atoms with van der Waals surface area (Å²) >= 11 is 0. The van der Waals surface area contributed by atoms with Crippen LogP contribution in [0.25, 0.3) is 5.57 Å². The SMILES string of the molecule is CCCCOc1nonc1C1=CC=CN(C)C1. The molecule has 0 spiro atoms. The van der Waals surface area contributed by atoms with Crippen LogP contribution in [-0.2, 0) is 0 Å². The predicted octanol–water partition coefficient (Wildman–Crippen LogP) is 2.09. The standard InChI is InChI=1S/C12H17N3O2/c1-3-4-8-16-12-11(13-17-14-12)10-6-5-7-15(2)9-10/h5-7H,3-4,8-9H2,1-2H3. The molecule has 0 bridgehead atoms. The Morgan fingerprint density at radius 1 is 1.47 bits per heavy atom.